The molecule has 1 aliphatic rings. The number of nitrogens with zero attached hydrogens (tertiary/aromatic N) is 2. The van der Waals surface area contributed by atoms with Crippen LogP contribution in [0.3, 0.4) is 0 Å². The van der Waals surface area contributed by atoms with E-state index in [0.29, 0.717) is 11.4 Å². The minimum atomic E-state index is -1.28. The normalized spacial score (nSPS) is 16.4. The van der Waals surface area contributed by atoms with Crippen molar-refractivity contribution >= 4 is 23.4 Å². The molecular weight excluding hydrogens is 408 g/mol. The number of benzene rings is 1. The number of allylic oxidation sites excluding steroid dienone is 2. The summed E-state index contributed by atoms with van der Waals surface area (Å²) in [5.74, 6) is -3.53. The molecule has 0 saturated carbocycles. The van der Waals surface area contributed by atoms with Crippen LogP contribution < -0.4 is 0 Å². The van der Waals surface area contributed by atoms with Crippen molar-refractivity contribution in [2.24, 2.45) is 0 Å². The number of ether oxygens (including phenoxy) is 2. The SMILES string of the molecule is CCC(=O)OCC(=O)C1=C(C)N(COC)C(C)=C(C(=O)O)C1c1cccc([N+](=O)[O-])c1. The molecule has 0 saturated heterocycles. The highest BCUT2D eigenvalue weighted by atomic mass is 16.6. The van der Waals surface area contributed by atoms with Crippen LogP contribution in [0.2, 0.25) is 0 Å². The second-order valence-electron chi connectivity index (χ2n) is 6.87. The van der Waals surface area contributed by atoms with Crippen molar-refractivity contribution in [3.63, 3.8) is 0 Å². The van der Waals surface area contributed by atoms with Gasteiger partial charge in [0.05, 0.1) is 10.5 Å². The standard InChI is InChI=1S/C21H24N2O8/c1-5-17(25)31-10-16(24)18-12(2)22(11-30-4)13(3)19(21(26)27)20(18)14-7-6-8-15(9-14)23(28)29/h6-9,20H,5,10-11H2,1-4H3,(H,26,27). The third kappa shape index (κ3) is 4.97. The van der Waals surface area contributed by atoms with E-state index in [2.05, 4.69) is 0 Å². The lowest BCUT2D eigenvalue weighted by Crippen LogP contribution is -2.36. The molecule has 1 atom stereocenters. The van der Waals surface area contributed by atoms with E-state index >= 15 is 0 Å². The van der Waals surface area contributed by atoms with E-state index in [9.17, 15) is 29.6 Å². The molecule has 1 aliphatic heterocycles. The number of hydrogen-bond acceptors (Lipinski definition) is 8. The van der Waals surface area contributed by atoms with Gasteiger partial charge in [-0.3, -0.25) is 19.7 Å². The summed E-state index contributed by atoms with van der Waals surface area (Å²) >= 11 is 0. The van der Waals surface area contributed by atoms with Crippen LogP contribution >= 0.6 is 0 Å². The number of Topliss-reactive ketones (excluding diaryl/α,β-unsaturated/α-hetero) is 1. The van der Waals surface area contributed by atoms with Gasteiger partial charge in [0, 0.05) is 48.5 Å². The highest BCUT2D eigenvalue weighted by Crippen LogP contribution is 2.42. The van der Waals surface area contributed by atoms with E-state index in [1.54, 1.807) is 20.8 Å². The molecule has 10 heteroatoms. The van der Waals surface area contributed by atoms with Crippen LogP contribution in [0.4, 0.5) is 5.69 Å². The molecule has 0 bridgehead atoms. The third-order valence-electron chi connectivity index (χ3n) is 5.02. The van der Waals surface area contributed by atoms with Gasteiger partial charge in [0.15, 0.2) is 12.4 Å². The maximum atomic E-state index is 13.1. The van der Waals surface area contributed by atoms with Crippen LogP contribution in [0.1, 0.15) is 38.7 Å². The minimum absolute atomic E-state index is 0.0123. The monoisotopic (exact) mass is 432 g/mol. The summed E-state index contributed by atoms with van der Waals surface area (Å²) in [6.07, 6.45) is 0.0782. The van der Waals surface area contributed by atoms with Gasteiger partial charge in [-0.2, -0.15) is 0 Å². The van der Waals surface area contributed by atoms with Crippen LogP contribution in [-0.2, 0) is 23.9 Å². The quantitative estimate of drug-likeness (QED) is 0.355. The Bertz CT molecular complexity index is 979. The zero-order valence-corrected chi connectivity index (χ0v) is 17.7. The summed E-state index contributed by atoms with van der Waals surface area (Å²) < 4.78 is 10.1. The predicted molar refractivity (Wildman–Crippen MR) is 109 cm³/mol. The number of nitro benzene ring substituents is 1. The number of esters is 1. The summed E-state index contributed by atoms with van der Waals surface area (Å²) in [5.41, 5.74) is 0.746. The first-order valence-electron chi connectivity index (χ1n) is 9.48. The molecule has 166 valence electrons. The van der Waals surface area contributed by atoms with Crippen molar-refractivity contribution in [2.45, 2.75) is 33.1 Å². The lowest BCUT2D eigenvalue weighted by atomic mass is 9.78. The van der Waals surface area contributed by atoms with E-state index < -0.39 is 35.2 Å². The molecule has 0 aromatic heterocycles. The zero-order chi connectivity index (χ0) is 23.3. The Kier molecular flexibility index (Phi) is 7.65. The molecule has 0 aliphatic carbocycles. The molecule has 0 spiro atoms. The van der Waals surface area contributed by atoms with Crippen molar-refractivity contribution in [1.29, 1.82) is 0 Å². The van der Waals surface area contributed by atoms with Crippen molar-refractivity contribution < 1.29 is 33.9 Å². The Morgan fingerprint density at radius 2 is 1.84 bits per heavy atom. The predicted octanol–water partition coefficient (Wildman–Crippen LogP) is 2.75. The Morgan fingerprint density at radius 3 is 2.39 bits per heavy atom. The molecule has 1 aromatic carbocycles. The molecule has 0 radical (unpaired) electrons. The lowest BCUT2D eigenvalue weighted by Gasteiger charge is -2.37. The summed E-state index contributed by atoms with van der Waals surface area (Å²) in [6, 6.07) is 5.48. The molecule has 1 heterocycles. The second-order valence-corrected chi connectivity index (χ2v) is 6.87. The molecular formula is C21H24N2O8. The number of non-ortho nitro benzene ring substituents is 1. The number of rotatable bonds is 9. The first-order chi connectivity index (χ1) is 14.6. The van der Waals surface area contributed by atoms with Gasteiger partial charge in [-0.25, -0.2) is 4.79 Å². The number of ketones is 1. The molecule has 1 aromatic rings. The number of carboxylic acid groups (broad SMARTS) is 1. The van der Waals surface area contributed by atoms with E-state index in [1.165, 1.54) is 36.3 Å². The average molecular weight is 432 g/mol. The first-order valence-corrected chi connectivity index (χ1v) is 9.48. The van der Waals surface area contributed by atoms with Crippen LogP contribution in [0.25, 0.3) is 0 Å². The van der Waals surface area contributed by atoms with Gasteiger partial charge in [-0.1, -0.05) is 19.1 Å². The molecule has 0 amide bonds. The van der Waals surface area contributed by atoms with E-state index in [0.717, 1.165) is 0 Å². The van der Waals surface area contributed by atoms with Gasteiger partial charge < -0.3 is 19.5 Å². The Hall–Kier alpha value is -3.53. The van der Waals surface area contributed by atoms with E-state index in [1.807, 2.05) is 0 Å². The smallest absolute Gasteiger partial charge is 0.334 e. The molecule has 1 unspecified atom stereocenters. The second kappa shape index (κ2) is 9.98. The highest BCUT2D eigenvalue weighted by molar-refractivity contribution is 6.03. The number of carbonyl (C=O) groups excluding carboxylic acids is 2. The van der Waals surface area contributed by atoms with Gasteiger partial charge >= 0.3 is 11.9 Å². The molecule has 0 fully saturated rings. The number of aliphatic carboxylic acids is 1. The van der Waals surface area contributed by atoms with Gasteiger partial charge in [0.1, 0.15) is 6.73 Å². The number of carbonyl (C=O) groups is 3. The number of carboxylic acids is 1. The molecule has 10 nitrogen and oxygen atoms in total. The Labute approximate surface area is 178 Å². The summed E-state index contributed by atoms with van der Waals surface area (Å²) in [6.45, 7) is 4.20. The van der Waals surface area contributed by atoms with Crippen molar-refractivity contribution in [2.75, 3.05) is 20.4 Å². The Balaban J connectivity index is 2.70. The summed E-state index contributed by atoms with van der Waals surface area (Å²) in [7, 11) is 1.43. The van der Waals surface area contributed by atoms with Crippen LogP contribution in [-0.4, -0.2) is 53.1 Å². The van der Waals surface area contributed by atoms with Crippen molar-refractivity contribution in [3.05, 3.63) is 62.5 Å². The van der Waals surface area contributed by atoms with Crippen molar-refractivity contribution in [1.82, 2.24) is 4.90 Å². The third-order valence-corrected chi connectivity index (χ3v) is 5.02. The van der Waals surface area contributed by atoms with E-state index in [4.69, 9.17) is 9.47 Å². The van der Waals surface area contributed by atoms with Crippen molar-refractivity contribution in [3.8, 4) is 0 Å². The summed E-state index contributed by atoms with van der Waals surface area (Å²) in [5, 5.41) is 21.2. The topological polar surface area (TPSA) is 136 Å². The molecule has 1 N–H and O–H groups in total. The average Bonchev–Trinajstić information content (AvgIpc) is 2.73. The maximum absolute atomic E-state index is 13.1. The number of hydrogen-bond donors (Lipinski definition) is 1. The summed E-state index contributed by atoms with van der Waals surface area (Å²) in [4.78, 5) is 49.1. The fourth-order valence-electron chi connectivity index (χ4n) is 3.55. The number of nitro groups is 1. The van der Waals surface area contributed by atoms with E-state index in [-0.39, 0.29) is 35.5 Å². The first kappa shape index (κ1) is 23.7. The van der Waals surface area contributed by atoms with Gasteiger partial charge in [0.2, 0.25) is 0 Å². The fraction of sp³-hybridized carbons (Fsp3) is 0.381. The van der Waals surface area contributed by atoms with Crippen LogP contribution in [0.15, 0.2) is 46.8 Å². The maximum Gasteiger partial charge on any atom is 0.334 e. The van der Waals surface area contributed by atoms with Gasteiger partial charge in [-0.05, 0) is 19.4 Å². The molecule has 31 heavy (non-hydrogen) atoms. The van der Waals surface area contributed by atoms with Gasteiger partial charge in [-0.15, -0.1) is 0 Å². The Morgan fingerprint density at radius 1 is 1.19 bits per heavy atom. The molecule has 2 rings (SSSR count). The zero-order valence-electron chi connectivity index (χ0n) is 17.7. The number of methoxy groups -OCH3 is 1. The largest absolute Gasteiger partial charge is 0.478 e. The van der Waals surface area contributed by atoms with Crippen LogP contribution in [0, 0.1) is 10.1 Å². The highest BCUT2D eigenvalue weighted by Gasteiger charge is 2.39. The van der Waals surface area contributed by atoms with Gasteiger partial charge in [0.25, 0.3) is 5.69 Å². The fourth-order valence-corrected chi connectivity index (χ4v) is 3.55. The minimum Gasteiger partial charge on any atom is -0.478 e. The van der Waals surface area contributed by atoms with Crippen LogP contribution in [0.5, 0.6) is 0 Å². The lowest BCUT2D eigenvalue weighted by molar-refractivity contribution is -0.384.